The molecule has 0 aliphatic heterocycles. The van der Waals surface area contributed by atoms with Gasteiger partial charge in [-0.05, 0) is 42.6 Å². The first kappa shape index (κ1) is 17.6. The molecule has 2 aromatic heterocycles. The number of aromatic nitrogens is 1. The number of hydrogen-bond acceptors (Lipinski definition) is 5. The van der Waals surface area contributed by atoms with Crippen LogP contribution in [0.2, 0.25) is 0 Å². The van der Waals surface area contributed by atoms with Crippen LogP contribution in [-0.4, -0.2) is 32.5 Å². The van der Waals surface area contributed by atoms with Gasteiger partial charge in [0.05, 0.1) is 11.2 Å². The third kappa shape index (κ3) is 4.66. The highest BCUT2D eigenvalue weighted by Gasteiger charge is 2.17. The summed E-state index contributed by atoms with van der Waals surface area (Å²) in [7, 11) is -3.56. The number of benzene rings is 1. The highest BCUT2D eigenvalue weighted by molar-refractivity contribution is 7.89. The van der Waals surface area contributed by atoms with Gasteiger partial charge in [-0.3, -0.25) is 4.98 Å². The maximum Gasteiger partial charge on any atom is 0.240 e. The van der Waals surface area contributed by atoms with Crippen LogP contribution in [-0.2, 0) is 16.4 Å². The largest absolute Gasteiger partial charge is 0.469 e. The molecule has 2 N–H and O–H groups in total. The lowest BCUT2D eigenvalue weighted by Gasteiger charge is -2.15. The van der Waals surface area contributed by atoms with Crippen molar-refractivity contribution in [2.24, 2.45) is 0 Å². The molecule has 0 saturated heterocycles. The first-order valence-electron chi connectivity index (χ1n) is 8.14. The highest BCUT2D eigenvalue weighted by atomic mass is 32.2. The van der Waals surface area contributed by atoms with Gasteiger partial charge in [-0.1, -0.05) is 6.07 Å². The van der Waals surface area contributed by atoms with Gasteiger partial charge in [-0.15, -0.1) is 0 Å². The summed E-state index contributed by atoms with van der Waals surface area (Å²) in [5.41, 5.74) is 0. The Morgan fingerprint density at radius 2 is 2.08 bits per heavy atom. The summed E-state index contributed by atoms with van der Waals surface area (Å²) in [6.45, 7) is 3.10. The molecule has 0 spiro atoms. The van der Waals surface area contributed by atoms with E-state index in [2.05, 4.69) is 15.0 Å². The molecule has 0 fully saturated rings. The number of nitrogens with one attached hydrogen (secondary N) is 2. The van der Waals surface area contributed by atoms with Gasteiger partial charge < -0.3 is 9.73 Å². The topological polar surface area (TPSA) is 84.2 Å². The Hall–Kier alpha value is -2.22. The van der Waals surface area contributed by atoms with Crippen LogP contribution >= 0.6 is 0 Å². The fourth-order valence-electron chi connectivity index (χ4n) is 2.59. The van der Waals surface area contributed by atoms with Crippen LogP contribution in [0, 0.1) is 0 Å². The van der Waals surface area contributed by atoms with Crippen molar-refractivity contribution in [2.75, 3.05) is 13.1 Å². The van der Waals surface area contributed by atoms with E-state index in [-0.39, 0.29) is 10.9 Å². The van der Waals surface area contributed by atoms with Crippen molar-refractivity contribution < 1.29 is 12.8 Å². The Kier molecular flexibility index (Phi) is 5.47. The van der Waals surface area contributed by atoms with Gasteiger partial charge >= 0.3 is 0 Å². The molecule has 0 amide bonds. The zero-order chi connectivity index (χ0) is 17.7. The number of hydrogen-bond donors (Lipinski definition) is 2. The number of fused-ring (bicyclic) bond motifs is 1. The van der Waals surface area contributed by atoms with Gasteiger partial charge in [0.25, 0.3) is 0 Å². The molecule has 3 rings (SSSR count). The van der Waals surface area contributed by atoms with E-state index in [4.69, 9.17) is 4.42 Å². The molecule has 0 aliphatic carbocycles. The fraction of sp³-hybridized carbons (Fsp3) is 0.278. The molecule has 2 heterocycles. The van der Waals surface area contributed by atoms with Crippen molar-refractivity contribution in [3.05, 3.63) is 60.8 Å². The SMILES string of the molecule is CC(CNCCc1ccco1)NS(=O)(=O)c1ccc2cnccc2c1. The number of rotatable bonds is 8. The first-order chi connectivity index (χ1) is 12.0. The molecule has 0 saturated carbocycles. The average Bonchev–Trinajstić information content (AvgIpc) is 3.11. The summed E-state index contributed by atoms with van der Waals surface area (Å²) in [5.74, 6) is 0.909. The lowest BCUT2D eigenvalue weighted by Crippen LogP contribution is -2.40. The van der Waals surface area contributed by atoms with Crippen LogP contribution in [0.15, 0.2) is 64.4 Å². The van der Waals surface area contributed by atoms with Gasteiger partial charge in [-0.25, -0.2) is 13.1 Å². The number of furan rings is 1. The second-order valence-corrected chi connectivity index (χ2v) is 7.65. The van der Waals surface area contributed by atoms with Gasteiger partial charge in [0.1, 0.15) is 5.76 Å². The van der Waals surface area contributed by atoms with Crippen LogP contribution in [0.1, 0.15) is 12.7 Å². The smallest absolute Gasteiger partial charge is 0.240 e. The molecule has 0 bridgehead atoms. The minimum atomic E-state index is -3.56. The third-order valence-electron chi connectivity index (χ3n) is 3.86. The molecule has 25 heavy (non-hydrogen) atoms. The Morgan fingerprint density at radius 3 is 2.88 bits per heavy atom. The Labute approximate surface area is 147 Å². The van der Waals surface area contributed by atoms with Crippen molar-refractivity contribution in [3.8, 4) is 0 Å². The van der Waals surface area contributed by atoms with Crippen LogP contribution in [0.25, 0.3) is 10.8 Å². The van der Waals surface area contributed by atoms with E-state index in [1.54, 1.807) is 42.9 Å². The van der Waals surface area contributed by atoms with Crippen molar-refractivity contribution in [2.45, 2.75) is 24.3 Å². The normalized spacial score (nSPS) is 13.2. The minimum Gasteiger partial charge on any atom is -0.469 e. The maximum absolute atomic E-state index is 12.5. The standard InChI is InChI=1S/C18H21N3O3S/c1-14(12-19-9-7-17-3-2-10-24-17)21-25(22,23)18-5-4-16-13-20-8-6-15(16)11-18/h2-6,8,10-11,13-14,19,21H,7,9,12H2,1H3. The van der Waals surface area contributed by atoms with Crippen LogP contribution in [0.4, 0.5) is 0 Å². The summed E-state index contributed by atoms with van der Waals surface area (Å²) >= 11 is 0. The van der Waals surface area contributed by atoms with Crippen LogP contribution in [0.5, 0.6) is 0 Å². The minimum absolute atomic E-state index is 0.227. The summed E-state index contributed by atoms with van der Waals surface area (Å²) in [6, 6.07) is 10.4. The van der Waals surface area contributed by atoms with E-state index in [1.807, 2.05) is 19.1 Å². The summed E-state index contributed by atoms with van der Waals surface area (Å²) in [6.07, 6.45) is 5.78. The molecule has 7 heteroatoms. The van der Waals surface area contributed by atoms with Gasteiger partial charge in [0.2, 0.25) is 10.0 Å². The Bertz CT molecular complexity index is 924. The molecule has 132 valence electrons. The molecule has 0 radical (unpaired) electrons. The molecular weight excluding hydrogens is 338 g/mol. The van der Waals surface area contributed by atoms with Crippen molar-refractivity contribution in [3.63, 3.8) is 0 Å². The summed E-state index contributed by atoms with van der Waals surface area (Å²) in [4.78, 5) is 4.29. The predicted octanol–water partition coefficient (Wildman–Crippen LogP) is 2.33. The predicted molar refractivity (Wildman–Crippen MR) is 96.8 cm³/mol. The van der Waals surface area contributed by atoms with Crippen LogP contribution in [0.3, 0.4) is 0 Å². The highest BCUT2D eigenvalue weighted by Crippen LogP contribution is 2.18. The van der Waals surface area contributed by atoms with Gasteiger partial charge in [0, 0.05) is 43.3 Å². The Balaban J connectivity index is 1.56. The van der Waals surface area contributed by atoms with E-state index < -0.39 is 10.0 Å². The van der Waals surface area contributed by atoms with E-state index in [1.165, 1.54) is 0 Å². The fourth-order valence-corrected chi connectivity index (χ4v) is 3.87. The van der Waals surface area contributed by atoms with Gasteiger partial charge in [0.15, 0.2) is 0 Å². The van der Waals surface area contributed by atoms with E-state index in [0.717, 1.165) is 29.5 Å². The van der Waals surface area contributed by atoms with Crippen LogP contribution < -0.4 is 10.0 Å². The zero-order valence-corrected chi connectivity index (χ0v) is 14.8. The summed E-state index contributed by atoms with van der Waals surface area (Å²) in [5, 5.41) is 4.99. The number of pyridine rings is 1. The van der Waals surface area contributed by atoms with Gasteiger partial charge in [-0.2, -0.15) is 0 Å². The monoisotopic (exact) mass is 359 g/mol. The molecular formula is C18H21N3O3S. The molecule has 1 atom stereocenters. The molecule has 0 aliphatic rings. The van der Waals surface area contributed by atoms with Crippen molar-refractivity contribution in [1.82, 2.24) is 15.0 Å². The van der Waals surface area contributed by atoms with E-state index in [0.29, 0.717) is 6.54 Å². The van der Waals surface area contributed by atoms with E-state index >= 15 is 0 Å². The molecule has 1 unspecified atom stereocenters. The molecule has 3 aromatic rings. The number of nitrogens with zero attached hydrogens (tertiary/aromatic N) is 1. The summed E-state index contributed by atoms with van der Waals surface area (Å²) < 4.78 is 33.0. The molecule has 1 aromatic carbocycles. The maximum atomic E-state index is 12.5. The lowest BCUT2D eigenvalue weighted by molar-refractivity contribution is 0.489. The zero-order valence-electron chi connectivity index (χ0n) is 14.0. The molecule has 6 nitrogen and oxygen atoms in total. The lowest BCUT2D eigenvalue weighted by atomic mass is 10.2. The Morgan fingerprint density at radius 1 is 1.20 bits per heavy atom. The average molecular weight is 359 g/mol. The quantitative estimate of drug-likeness (QED) is 0.603. The second kappa shape index (κ2) is 7.77. The van der Waals surface area contributed by atoms with Crippen molar-refractivity contribution >= 4 is 20.8 Å². The number of sulfonamides is 1. The van der Waals surface area contributed by atoms with Crippen molar-refractivity contribution in [1.29, 1.82) is 0 Å². The second-order valence-electron chi connectivity index (χ2n) is 5.94. The first-order valence-corrected chi connectivity index (χ1v) is 9.62. The van der Waals surface area contributed by atoms with E-state index in [9.17, 15) is 8.42 Å². The third-order valence-corrected chi connectivity index (χ3v) is 5.44.